The highest BCUT2D eigenvalue weighted by molar-refractivity contribution is 5.84. The van der Waals surface area contributed by atoms with E-state index in [1.165, 1.54) is 5.56 Å². The monoisotopic (exact) mass is 362 g/mol. The first-order valence-electron chi connectivity index (χ1n) is 9.22. The van der Waals surface area contributed by atoms with E-state index in [0.29, 0.717) is 5.76 Å². The summed E-state index contributed by atoms with van der Waals surface area (Å²) in [6, 6.07) is 17.9. The Hall–Kier alpha value is -2.81. The molecule has 0 aliphatic heterocycles. The van der Waals surface area contributed by atoms with Crippen LogP contribution in [-0.4, -0.2) is 13.1 Å². The molecule has 1 aliphatic rings. The molecule has 0 amide bonds. The molecule has 0 saturated heterocycles. The van der Waals surface area contributed by atoms with Crippen molar-refractivity contribution in [1.82, 2.24) is 0 Å². The number of carbonyl (C=O) groups is 1. The zero-order valence-electron chi connectivity index (χ0n) is 16.4. The number of allylic oxidation sites excluding steroid dienone is 3. The number of carbonyl (C=O) groups excluding carboxylic acids is 1. The molecule has 0 radical (unpaired) electrons. The van der Waals surface area contributed by atoms with Gasteiger partial charge in [-0.2, -0.15) is 0 Å². The molecular weight excluding hydrogens is 336 g/mol. The van der Waals surface area contributed by atoms with Crippen LogP contribution in [0.4, 0.5) is 0 Å². The molecule has 27 heavy (non-hydrogen) atoms. The molecule has 0 saturated carbocycles. The molecule has 2 aromatic carbocycles. The number of hydrogen-bond donors (Lipinski definition) is 0. The fourth-order valence-electron chi connectivity index (χ4n) is 3.08. The molecular formula is C24H26O3. The van der Waals surface area contributed by atoms with Crippen LogP contribution in [0.25, 0.3) is 5.76 Å². The van der Waals surface area contributed by atoms with Crippen LogP contribution in [0, 0.1) is 5.41 Å². The molecule has 0 N–H and O–H groups in total. The van der Waals surface area contributed by atoms with Gasteiger partial charge >= 0.3 is 5.97 Å². The van der Waals surface area contributed by atoms with Gasteiger partial charge in [-0.25, -0.2) is 0 Å². The van der Waals surface area contributed by atoms with Crippen molar-refractivity contribution in [3.63, 3.8) is 0 Å². The van der Waals surface area contributed by atoms with Gasteiger partial charge in [0.2, 0.25) is 0 Å². The zero-order valence-corrected chi connectivity index (χ0v) is 16.4. The Balaban J connectivity index is 2.05. The number of methoxy groups -OCH3 is 1. The fraction of sp³-hybridized carbons (Fsp3) is 0.292. The molecule has 3 rings (SSSR count). The van der Waals surface area contributed by atoms with Crippen LogP contribution in [0.15, 0.2) is 72.3 Å². The Morgan fingerprint density at radius 3 is 2.26 bits per heavy atom. The van der Waals surface area contributed by atoms with Gasteiger partial charge in [0.25, 0.3) is 0 Å². The maximum atomic E-state index is 12.6. The summed E-state index contributed by atoms with van der Waals surface area (Å²) in [6.45, 7) is 5.61. The number of rotatable bonds is 4. The van der Waals surface area contributed by atoms with Crippen molar-refractivity contribution in [3.8, 4) is 5.75 Å². The van der Waals surface area contributed by atoms with Gasteiger partial charge in [-0.3, -0.25) is 4.79 Å². The van der Waals surface area contributed by atoms with Gasteiger partial charge in [0.15, 0.2) is 0 Å². The lowest BCUT2D eigenvalue weighted by molar-refractivity contribution is -0.145. The van der Waals surface area contributed by atoms with Crippen molar-refractivity contribution in [3.05, 3.63) is 83.4 Å². The highest BCUT2D eigenvalue weighted by Gasteiger charge is 2.29. The summed E-state index contributed by atoms with van der Waals surface area (Å²) < 4.78 is 11.2. The lowest BCUT2D eigenvalue weighted by atomic mass is 9.90. The Labute approximate surface area is 161 Å². The minimum atomic E-state index is -0.571. The standard InChI is InChI=1S/C24H26O3/c1-24(2,3)23(25)27-22(18-9-6-5-7-10-18)21-12-8-11-20(21)17-13-15-19(26-4)16-14-17/h5-10,12-16,20H,11H2,1-4H3/b22-21-. The average Bonchev–Trinajstić information content (AvgIpc) is 3.15. The van der Waals surface area contributed by atoms with Crippen molar-refractivity contribution >= 4 is 11.7 Å². The van der Waals surface area contributed by atoms with Gasteiger partial charge in [0, 0.05) is 17.1 Å². The Bertz CT molecular complexity index is 853. The summed E-state index contributed by atoms with van der Waals surface area (Å²) in [5.74, 6) is 1.39. The predicted molar refractivity (Wildman–Crippen MR) is 108 cm³/mol. The number of hydrogen-bond acceptors (Lipinski definition) is 3. The molecule has 1 atom stereocenters. The molecule has 3 nitrogen and oxygen atoms in total. The van der Waals surface area contributed by atoms with E-state index in [0.717, 1.165) is 23.3 Å². The summed E-state index contributed by atoms with van der Waals surface area (Å²) >= 11 is 0. The van der Waals surface area contributed by atoms with E-state index < -0.39 is 5.41 Å². The zero-order chi connectivity index (χ0) is 19.4. The molecule has 0 bridgehead atoms. The van der Waals surface area contributed by atoms with Gasteiger partial charge in [-0.15, -0.1) is 0 Å². The summed E-state index contributed by atoms with van der Waals surface area (Å²) in [4.78, 5) is 12.6. The lowest BCUT2D eigenvalue weighted by Crippen LogP contribution is -2.23. The summed E-state index contributed by atoms with van der Waals surface area (Å²) in [5, 5.41) is 0. The third-order valence-corrected chi connectivity index (χ3v) is 4.67. The molecule has 0 fully saturated rings. The largest absolute Gasteiger partial charge is 0.497 e. The SMILES string of the molecule is COc1ccc(C2CC=C/C2=C(/OC(=O)C(C)(C)C)c2ccccc2)cc1. The van der Waals surface area contributed by atoms with Crippen molar-refractivity contribution < 1.29 is 14.3 Å². The second kappa shape index (κ2) is 7.83. The van der Waals surface area contributed by atoms with Crippen molar-refractivity contribution in [2.45, 2.75) is 33.1 Å². The third kappa shape index (κ3) is 4.30. The second-order valence-corrected chi connectivity index (χ2v) is 7.75. The van der Waals surface area contributed by atoms with Crippen molar-refractivity contribution in [1.29, 1.82) is 0 Å². The fourth-order valence-corrected chi connectivity index (χ4v) is 3.08. The number of benzene rings is 2. The number of esters is 1. The van der Waals surface area contributed by atoms with Gasteiger partial charge in [-0.1, -0.05) is 54.6 Å². The highest BCUT2D eigenvalue weighted by Crippen LogP contribution is 2.40. The van der Waals surface area contributed by atoms with Gasteiger partial charge < -0.3 is 9.47 Å². The smallest absolute Gasteiger partial charge is 0.316 e. The van der Waals surface area contributed by atoms with E-state index in [-0.39, 0.29) is 11.9 Å². The molecule has 3 heteroatoms. The van der Waals surface area contributed by atoms with Gasteiger partial charge in [0.1, 0.15) is 11.5 Å². The summed E-state index contributed by atoms with van der Waals surface area (Å²) in [6.07, 6.45) is 5.09. The van der Waals surface area contributed by atoms with E-state index >= 15 is 0 Å². The highest BCUT2D eigenvalue weighted by atomic mass is 16.5. The van der Waals surface area contributed by atoms with Crippen LogP contribution >= 0.6 is 0 Å². The van der Waals surface area contributed by atoms with Gasteiger partial charge in [0.05, 0.1) is 12.5 Å². The Morgan fingerprint density at radius 1 is 1.00 bits per heavy atom. The lowest BCUT2D eigenvalue weighted by Gasteiger charge is -2.22. The minimum absolute atomic E-state index is 0.152. The topological polar surface area (TPSA) is 35.5 Å². The quantitative estimate of drug-likeness (QED) is 0.514. The van der Waals surface area contributed by atoms with Crippen molar-refractivity contribution in [2.75, 3.05) is 7.11 Å². The summed E-state index contributed by atoms with van der Waals surface area (Å²) in [5.41, 5.74) is 2.55. The predicted octanol–water partition coefficient (Wildman–Crippen LogP) is 5.74. The minimum Gasteiger partial charge on any atom is -0.497 e. The molecule has 1 aliphatic carbocycles. The van der Waals surface area contributed by atoms with E-state index in [1.807, 2.05) is 63.2 Å². The average molecular weight is 362 g/mol. The third-order valence-electron chi connectivity index (χ3n) is 4.67. The maximum Gasteiger partial charge on any atom is 0.316 e. The van der Waals surface area contributed by atoms with E-state index in [2.05, 4.69) is 24.3 Å². The van der Waals surface area contributed by atoms with Crippen LogP contribution in [0.3, 0.4) is 0 Å². The van der Waals surface area contributed by atoms with E-state index in [9.17, 15) is 4.79 Å². The molecule has 0 spiro atoms. The second-order valence-electron chi connectivity index (χ2n) is 7.75. The first kappa shape index (κ1) is 19.0. The maximum absolute atomic E-state index is 12.6. The van der Waals surface area contributed by atoms with Crippen molar-refractivity contribution in [2.24, 2.45) is 5.41 Å². The molecule has 0 heterocycles. The Morgan fingerprint density at radius 2 is 1.67 bits per heavy atom. The van der Waals surface area contributed by atoms with E-state index in [1.54, 1.807) is 7.11 Å². The summed E-state index contributed by atoms with van der Waals surface area (Å²) in [7, 11) is 1.66. The Kier molecular flexibility index (Phi) is 5.50. The van der Waals surface area contributed by atoms with E-state index in [4.69, 9.17) is 9.47 Å². The van der Waals surface area contributed by atoms with Gasteiger partial charge in [-0.05, 0) is 44.9 Å². The molecule has 0 aromatic heterocycles. The van der Waals surface area contributed by atoms with Crippen LogP contribution in [0.2, 0.25) is 0 Å². The molecule has 140 valence electrons. The van der Waals surface area contributed by atoms with Crippen LogP contribution in [-0.2, 0) is 9.53 Å². The number of ether oxygens (including phenoxy) is 2. The van der Waals surface area contributed by atoms with Crippen LogP contribution < -0.4 is 4.74 Å². The van der Waals surface area contributed by atoms with Crippen LogP contribution in [0.5, 0.6) is 5.75 Å². The molecule has 2 aromatic rings. The first-order chi connectivity index (χ1) is 12.9. The normalized spacial score (nSPS) is 18.3. The first-order valence-corrected chi connectivity index (χ1v) is 9.22. The van der Waals surface area contributed by atoms with Crippen LogP contribution in [0.1, 0.15) is 44.2 Å². The molecule has 1 unspecified atom stereocenters.